The van der Waals surface area contributed by atoms with Gasteiger partial charge in [0, 0.05) is 11.6 Å². The molecule has 1 amide bonds. The van der Waals surface area contributed by atoms with Crippen LogP contribution in [0.5, 0.6) is 11.5 Å². The first-order chi connectivity index (χ1) is 9.06. The first kappa shape index (κ1) is 13.0. The van der Waals surface area contributed by atoms with E-state index in [0.717, 1.165) is 5.56 Å². The molecule has 2 aromatic carbocycles. The molecule has 19 heavy (non-hydrogen) atoms. The van der Waals surface area contributed by atoms with Crippen LogP contribution in [-0.2, 0) is 0 Å². The number of aromatic hydroxyl groups is 2. The van der Waals surface area contributed by atoms with Crippen LogP contribution < -0.4 is 5.32 Å². The number of phenols is 2. The van der Waals surface area contributed by atoms with Crippen molar-refractivity contribution in [3.8, 4) is 11.5 Å². The van der Waals surface area contributed by atoms with Crippen LogP contribution in [0.15, 0.2) is 48.5 Å². The minimum absolute atomic E-state index is 0.141. The number of hydrogen-bond acceptors (Lipinski definition) is 3. The van der Waals surface area contributed by atoms with E-state index in [1.54, 1.807) is 0 Å². The zero-order chi connectivity index (χ0) is 13.8. The van der Waals surface area contributed by atoms with Crippen molar-refractivity contribution in [2.45, 2.75) is 13.0 Å². The lowest BCUT2D eigenvalue weighted by Crippen LogP contribution is -2.26. The van der Waals surface area contributed by atoms with E-state index in [9.17, 15) is 15.0 Å². The van der Waals surface area contributed by atoms with E-state index in [1.807, 2.05) is 37.3 Å². The minimum atomic E-state index is -0.345. The summed E-state index contributed by atoms with van der Waals surface area (Å²) in [5.74, 6) is -0.627. The van der Waals surface area contributed by atoms with Gasteiger partial charge in [-0.3, -0.25) is 4.79 Å². The number of rotatable bonds is 3. The second kappa shape index (κ2) is 5.44. The first-order valence-corrected chi connectivity index (χ1v) is 5.95. The first-order valence-electron chi connectivity index (χ1n) is 5.95. The molecule has 4 nitrogen and oxygen atoms in total. The number of hydrogen-bond donors (Lipinski definition) is 3. The zero-order valence-electron chi connectivity index (χ0n) is 10.5. The number of amides is 1. The fourth-order valence-electron chi connectivity index (χ4n) is 1.83. The third-order valence-corrected chi connectivity index (χ3v) is 2.81. The average Bonchev–Trinajstić information content (AvgIpc) is 2.38. The van der Waals surface area contributed by atoms with E-state index in [4.69, 9.17) is 0 Å². The van der Waals surface area contributed by atoms with Gasteiger partial charge in [-0.15, -0.1) is 0 Å². The van der Waals surface area contributed by atoms with Crippen LogP contribution >= 0.6 is 0 Å². The summed E-state index contributed by atoms with van der Waals surface area (Å²) in [6, 6.07) is 13.2. The van der Waals surface area contributed by atoms with Gasteiger partial charge in [0.05, 0.1) is 6.04 Å². The Labute approximate surface area is 111 Å². The Morgan fingerprint density at radius 2 is 1.63 bits per heavy atom. The fourth-order valence-corrected chi connectivity index (χ4v) is 1.83. The molecule has 0 saturated heterocycles. The summed E-state index contributed by atoms with van der Waals surface area (Å²) in [7, 11) is 0. The van der Waals surface area contributed by atoms with Crippen LogP contribution in [-0.4, -0.2) is 16.1 Å². The Balaban J connectivity index is 2.13. The molecule has 0 fully saturated rings. The molecule has 0 saturated carbocycles. The standard InChI is InChI=1S/C15H15NO3/c1-10(11-5-3-2-4-6-11)16-15(19)12-7-13(17)9-14(18)8-12/h2-10,17-18H,1H3,(H,16,19). The molecule has 0 heterocycles. The highest BCUT2D eigenvalue weighted by atomic mass is 16.3. The maximum absolute atomic E-state index is 12.0. The molecule has 2 aromatic rings. The Bertz CT molecular complexity index is 561. The lowest BCUT2D eigenvalue weighted by Gasteiger charge is -2.14. The van der Waals surface area contributed by atoms with Gasteiger partial charge in [-0.25, -0.2) is 0 Å². The van der Waals surface area contributed by atoms with Gasteiger partial charge in [-0.1, -0.05) is 30.3 Å². The van der Waals surface area contributed by atoms with Crippen molar-refractivity contribution in [1.82, 2.24) is 5.32 Å². The number of carbonyl (C=O) groups is 1. The van der Waals surface area contributed by atoms with Crippen molar-refractivity contribution >= 4 is 5.91 Å². The summed E-state index contributed by atoms with van der Waals surface area (Å²) in [5, 5.41) is 21.5. The number of benzene rings is 2. The van der Waals surface area contributed by atoms with Crippen molar-refractivity contribution < 1.29 is 15.0 Å². The van der Waals surface area contributed by atoms with Gasteiger partial charge < -0.3 is 15.5 Å². The van der Waals surface area contributed by atoms with Crippen molar-refractivity contribution in [1.29, 1.82) is 0 Å². The van der Waals surface area contributed by atoms with E-state index in [2.05, 4.69) is 5.32 Å². The summed E-state index contributed by atoms with van der Waals surface area (Å²) in [5.41, 5.74) is 1.21. The average molecular weight is 257 g/mol. The molecule has 3 N–H and O–H groups in total. The second-order valence-corrected chi connectivity index (χ2v) is 4.34. The SMILES string of the molecule is CC(NC(=O)c1cc(O)cc(O)c1)c1ccccc1. The molecule has 0 aliphatic carbocycles. The fraction of sp³-hybridized carbons (Fsp3) is 0.133. The van der Waals surface area contributed by atoms with E-state index in [1.165, 1.54) is 18.2 Å². The monoisotopic (exact) mass is 257 g/mol. The van der Waals surface area contributed by atoms with Crippen LogP contribution in [0.25, 0.3) is 0 Å². The van der Waals surface area contributed by atoms with E-state index in [0.29, 0.717) is 0 Å². The molecule has 4 heteroatoms. The van der Waals surface area contributed by atoms with Crippen LogP contribution in [0.4, 0.5) is 0 Å². The molecule has 0 radical (unpaired) electrons. The second-order valence-electron chi connectivity index (χ2n) is 4.34. The Morgan fingerprint density at radius 1 is 1.05 bits per heavy atom. The number of nitrogens with one attached hydrogen (secondary N) is 1. The third kappa shape index (κ3) is 3.25. The molecule has 98 valence electrons. The Hall–Kier alpha value is -2.49. The highest BCUT2D eigenvalue weighted by molar-refractivity contribution is 5.95. The van der Waals surface area contributed by atoms with Gasteiger partial charge in [0.2, 0.25) is 0 Å². The summed E-state index contributed by atoms with van der Waals surface area (Å²) in [6.07, 6.45) is 0. The highest BCUT2D eigenvalue weighted by Gasteiger charge is 2.12. The van der Waals surface area contributed by atoms with Gasteiger partial charge in [-0.05, 0) is 24.6 Å². The molecule has 0 aromatic heterocycles. The molecule has 0 spiro atoms. The maximum Gasteiger partial charge on any atom is 0.252 e. The van der Waals surface area contributed by atoms with Crippen LogP contribution in [0, 0.1) is 0 Å². The third-order valence-electron chi connectivity index (χ3n) is 2.81. The summed E-state index contributed by atoms with van der Waals surface area (Å²) >= 11 is 0. The molecule has 0 aliphatic rings. The van der Waals surface area contributed by atoms with Crippen molar-refractivity contribution in [3.63, 3.8) is 0 Å². The zero-order valence-corrected chi connectivity index (χ0v) is 10.5. The molecular weight excluding hydrogens is 242 g/mol. The molecule has 1 unspecified atom stereocenters. The van der Waals surface area contributed by atoms with Crippen LogP contribution in [0.2, 0.25) is 0 Å². The van der Waals surface area contributed by atoms with Gasteiger partial charge in [-0.2, -0.15) is 0 Å². The summed E-state index contributed by atoms with van der Waals surface area (Å²) in [6.45, 7) is 1.87. The predicted molar refractivity (Wildman–Crippen MR) is 72.1 cm³/mol. The van der Waals surface area contributed by atoms with Gasteiger partial charge in [0.1, 0.15) is 11.5 Å². The predicted octanol–water partition coefficient (Wildman–Crippen LogP) is 2.59. The van der Waals surface area contributed by atoms with Gasteiger partial charge in [0.25, 0.3) is 5.91 Å². The summed E-state index contributed by atoms with van der Waals surface area (Å²) < 4.78 is 0. The Morgan fingerprint density at radius 3 is 2.21 bits per heavy atom. The minimum Gasteiger partial charge on any atom is -0.508 e. The van der Waals surface area contributed by atoms with E-state index >= 15 is 0 Å². The summed E-state index contributed by atoms with van der Waals surface area (Å²) in [4.78, 5) is 12.0. The molecule has 0 aliphatic heterocycles. The van der Waals surface area contributed by atoms with Crippen molar-refractivity contribution in [2.75, 3.05) is 0 Å². The molecular formula is C15H15NO3. The molecule has 2 rings (SSSR count). The normalized spacial score (nSPS) is 11.8. The van der Waals surface area contributed by atoms with Crippen LogP contribution in [0.1, 0.15) is 28.9 Å². The Kier molecular flexibility index (Phi) is 3.71. The smallest absolute Gasteiger partial charge is 0.252 e. The topological polar surface area (TPSA) is 69.6 Å². The van der Waals surface area contributed by atoms with Gasteiger partial charge >= 0.3 is 0 Å². The van der Waals surface area contributed by atoms with Crippen LogP contribution in [0.3, 0.4) is 0 Å². The largest absolute Gasteiger partial charge is 0.508 e. The van der Waals surface area contributed by atoms with Crippen molar-refractivity contribution in [3.05, 3.63) is 59.7 Å². The van der Waals surface area contributed by atoms with E-state index in [-0.39, 0.29) is 29.0 Å². The van der Waals surface area contributed by atoms with Crippen molar-refractivity contribution in [2.24, 2.45) is 0 Å². The molecule has 1 atom stereocenters. The van der Waals surface area contributed by atoms with Gasteiger partial charge in [0.15, 0.2) is 0 Å². The number of carbonyl (C=O) groups excluding carboxylic acids is 1. The lowest BCUT2D eigenvalue weighted by molar-refractivity contribution is 0.0939. The number of phenolic OH excluding ortho intramolecular Hbond substituents is 2. The highest BCUT2D eigenvalue weighted by Crippen LogP contribution is 2.21. The molecule has 0 bridgehead atoms. The van der Waals surface area contributed by atoms with E-state index < -0.39 is 0 Å². The maximum atomic E-state index is 12.0. The lowest BCUT2D eigenvalue weighted by atomic mass is 10.1. The quantitative estimate of drug-likeness (QED) is 0.791.